The van der Waals surface area contributed by atoms with E-state index in [1.165, 1.54) is 24.3 Å². The van der Waals surface area contributed by atoms with Crippen LogP contribution in [0.2, 0.25) is 0 Å². The van der Waals surface area contributed by atoms with Crippen LogP contribution in [0.15, 0.2) is 77.1 Å². The van der Waals surface area contributed by atoms with Gasteiger partial charge >= 0.3 is 10.2 Å². The van der Waals surface area contributed by atoms with Crippen LogP contribution in [0.4, 0.5) is 0 Å². The molecule has 0 amide bonds. The summed E-state index contributed by atoms with van der Waals surface area (Å²) in [5, 5.41) is 41.7. The fraction of sp³-hybridized carbons (Fsp3) is 0. The van der Waals surface area contributed by atoms with Gasteiger partial charge in [0, 0.05) is 0 Å². The van der Waals surface area contributed by atoms with Crippen molar-refractivity contribution in [2.75, 3.05) is 0 Å². The Kier molecular flexibility index (Phi) is 5.72. The number of rotatable bonds is 4. The summed E-state index contributed by atoms with van der Waals surface area (Å²) in [6.45, 7) is 0. The largest absolute Gasteiger partial charge is 0.339 e. The van der Waals surface area contributed by atoms with Crippen molar-refractivity contribution in [3.05, 3.63) is 56.4 Å². The van der Waals surface area contributed by atoms with Crippen LogP contribution in [0.5, 0.6) is 0 Å². The van der Waals surface area contributed by atoms with Crippen molar-refractivity contribution in [3.8, 4) is 0 Å². The molecule has 0 aromatic carbocycles. The van der Waals surface area contributed by atoms with E-state index >= 15 is 0 Å². The maximum atomic E-state index is 13.1. The highest BCUT2D eigenvalue weighted by Crippen LogP contribution is 2.26. The fourth-order valence-electron chi connectivity index (χ4n) is 2.13. The van der Waals surface area contributed by atoms with Crippen LogP contribution in [-0.4, -0.2) is 31.3 Å². The molecule has 15 heteroatoms. The Morgan fingerprint density at radius 1 is 0.815 bits per heavy atom. The van der Waals surface area contributed by atoms with Gasteiger partial charge in [-0.3, -0.25) is 0 Å². The lowest BCUT2D eigenvalue weighted by molar-refractivity contribution is 0.610. The number of allylic oxidation sites excluding steroid dienone is 8. The highest BCUT2D eigenvalue weighted by atomic mass is 32.2. The Hall–Kier alpha value is -4.37. The summed E-state index contributed by atoms with van der Waals surface area (Å²) in [6.07, 6.45) is 7.54. The van der Waals surface area contributed by atoms with E-state index in [-0.39, 0.29) is 22.8 Å². The Labute approximate surface area is 150 Å². The normalized spacial score (nSPS) is 22.3. The lowest BCUT2D eigenvalue weighted by atomic mass is 10.1. The number of diazo groups is 2. The molecule has 2 aliphatic rings. The summed E-state index contributed by atoms with van der Waals surface area (Å²) >= 11 is 0. The molecule has 0 heterocycles. The van der Waals surface area contributed by atoms with E-state index in [0.29, 0.717) is 0 Å². The molecule has 0 unspecified atom stereocenters. The topological polar surface area (TPSA) is 212 Å². The zero-order valence-electron chi connectivity index (χ0n) is 13.2. The number of hydrogen-bond donors (Lipinski definition) is 2. The van der Waals surface area contributed by atoms with Gasteiger partial charge in [-0.05, 0) is 24.3 Å². The van der Waals surface area contributed by atoms with Crippen LogP contribution in [0.1, 0.15) is 0 Å². The summed E-state index contributed by atoms with van der Waals surface area (Å²) in [6, 6.07) is 0. The molecule has 0 fully saturated rings. The standard InChI is InChI=1S/C12H8N12O2S/c13-21-17-7-3-1-5-9(11(7)19-23-15)27(25,26)10-6-2-4-8(18-22-14)12(10)20-24-16/h1-6,13,16H/q+2. The van der Waals surface area contributed by atoms with Crippen LogP contribution in [0.25, 0.3) is 10.2 Å². The van der Waals surface area contributed by atoms with Gasteiger partial charge in [0.15, 0.2) is 21.6 Å². The van der Waals surface area contributed by atoms with Crippen LogP contribution >= 0.6 is 0 Å². The predicted octanol–water partition coefficient (Wildman–Crippen LogP) is 2.50. The summed E-state index contributed by atoms with van der Waals surface area (Å²) < 4.78 is 26.3. The van der Waals surface area contributed by atoms with Crippen LogP contribution in [0, 0.1) is 21.8 Å². The molecule has 0 atom stereocenters. The average molecular weight is 384 g/mol. The third-order valence-electron chi connectivity index (χ3n) is 3.14. The van der Waals surface area contributed by atoms with Gasteiger partial charge in [-0.15, -0.1) is 10.2 Å². The van der Waals surface area contributed by atoms with Crippen molar-refractivity contribution in [1.82, 2.24) is 0 Å². The minimum absolute atomic E-state index is 0.140. The Morgan fingerprint density at radius 3 is 1.93 bits per heavy atom. The van der Waals surface area contributed by atoms with Gasteiger partial charge in [-0.2, -0.15) is 11.1 Å². The smallest absolute Gasteiger partial charge is 0.218 e. The zero-order chi connectivity index (χ0) is 19.9. The highest BCUT2D eigenvalue weighted by molar-refractivity contribution is 8.01. The quantitative estimate of drug-likeness (QED) is 0.323. The number of sulfone groups is 1. The van der Waals surface area contributed by atoms with E-state index in [2.05, 4.69) is 41.0 Å². The molecular formula is C12H8N12O2S+2. The van der Waals surface area contributed by atoms with Crippen LogP contribution in [-0.2, 0) is 9.84 Å². The van der Waals surface area contributed by atoms with Gasteiger partial charge in [0.1, 0.15) is 21.2 Å². The highest BCUT2D eigenvalue weighted by Gasteiger charge is 2.37. The van der Waals surface area contributed by atoms with Gasteiger partial charge in [-0.1, -0.05) is 22.6 Å². The van der Waals surface area contributed by atoms with Crippen molar-refractivity contribution in [2.45, 2.75) is 0 Å². The molecular weight excluding hydrogens is 376 g/mol. The number of nitrogens with zero attached hydrogens (tertiary/aromatic N) is 10. The third-order valence-corrected chi connectivity index (χ3v) is 4.96. The lowest BCUT2D eigenvalue weighted by Gasteiger charge is -2.15. The molecule has 0 aliphatic heterocycles. The molecule has 2 aliphatic carbocycles. The summed E-state index contributed by atoms with van der Waals surface area (Å²) in [5.74, 6) is 0. The minimum Gasteiger partial charge on any atom is -0.218 e. The molecule has 0 saturated carbocycles. The molecule has 0 radical (unpaired) electrons. The molecule has 27 heavy (non-hydrogen) atoms. The van der Waals surface area contributed by atoms with Gasteiger partial charge in [0.2, 0.25) is 9.84 Å². The Balaban J connectivity index is 2.71. The van der Waals surface area contributed by atoms with Gasteiger partial charge in [0.05, 0.1) is 0 Å². The van der Waals surface area contributed by atoms with Crippen molar-refractivity contribution in [1.29, 1.82) is 21.8 Å². The maximum absolute atomic E-state index is 13.1. The van der Waals surface area contributed by atoms with E-state index < -0.39 is 19.6 Å². The zero-order valence-corrected chi connectivity index (χ0v) is 14.0. The third kappa shape index (κ3) is 3.67. The second-order valence-corrected chi connectivity index (χ2v) is 6.42. The first-order chi connectivity index (χ1) is 13.0. The molecule has 132 valence electrons. The average Bonchev–Trinajstić information content (AvgIpc) is 2.65. The first-order valence-electron chi connectivity index (χ1n) is 6.77. The fourth-order valence-corrected chi connectivity index (χ4v) is 3.69. The Bertz CT molecular complexity index is 1130. The van der Waals surface area contributed by atoms with Gasteiger partial charge in [-0.25, -0.2) is 8.42 Å². The van der Waals surface area contributed by atoms with Crippen LogP contribution < -0.4 is 0 Å². The van der Waals surface area contributed by atoms with Crippen molar-refractivity contribution >= 4 is 32.7 Å². The van der Waals surface area contributed by atoms with E-state index in [1.54, 1.807) is 0 Å². The molecule has 2 rings (SSSR count). The predicted molar refractivity (Wildman–Crippen MR) is 93.6 cm³/mol. The lowest BCUT2D eigenvalue weighted by Crippen LogP contribution is -2.29. The molecule has 0 aromatic rings. The van der Waals surface area contributed by atoms with E-state index in [1.807, 2.05) is 0 Å². The van der Waals surface area contributed by atoms with E-state index in [9.17, 15) is 8.42 Å². The van der Waals surface area contributed by atoms with Crippen LogP contribution in [0.3, 0.4) is 0 Å². The minimum atomic E-state index is -4.37. The van der Waals surface area contributed by atoms with Crippen molar-refractivity contribution < 1.29 is 8.42 Å². The monoisotopic (exact) mass is 384 g/mol. The molecule has 0 spiro atoms. The maximum Gasteiger partial charge on any atom is 0.339 e. The van der Waals surface area contributed by atoms with E-state index in [0.717, 1.165) is 12.2 Å². The van der Waals surface area contributed by atoms with Crippen molar-refractivity contribution in [2.24, 2.45) is 30.9 Å². The number of hydrogen-bond acceptors (Lipinski definition) is 10. The SMILES string of the molecule is N#[N+]N=C1C=CC=C(S(=O)(=O)C2=CC=CC(=NN=N)C2=N[N+]#N)C1=NN=N. The second-order valence-electron chi connectivity index (χ2n) is 4.53. The first kappa shape index (κ1) is 19.0. The molecule has 0 saturated heterocycles. The second kappa shape index (κ2) is 8.14. The summed E-state index contributed by atoms with van der Waals surface area (Å²) in [5.41, 5.74) is 12.7. The summed E-state index contributed by atoms with van der Waals surface area (Å²) in [4.78, 5) is -0.873. The molecule has 0 aromatic heterocycles. The number of nitrogens with one attached hydrogen (secondary N) is 2. The van der Waals surface area contributed by atoms with Crippen molar-refractivity contribution in [3.63, 3.8) is 0 Å². The van der Waals surface area contributed by atoms with E-state index in [4.69, 9.17) is 21.8 Å². The first-order valence-corrected chi connectivity index (χ1v) is 8.25. The van der Waals surface area contributed by atoms with Gasteiger partial charge in [0.25, 0.3) is 10.8 Å². The Morgan fingerprint density at radius 2 is 1.37 bits per heavy atom. The van der Waals surface area contributed by atoms with Gasteiger partial charge < -0.3 is 0 Å². The molecule has 0 bridgehead atoms. The molecule has 2 N–H and O–H groups in total. The summed E-state index contributed by atoms with van der Waals surface area (Å²) in [7, 11) is -4.37. The molecule has 14 nitrogen and oxygen atoms in total.